The summed E-state index contributed by atoms with van der Waals surface area (Å²) in [5, 5.41) is 2.57. The van der Waals surface area contributed by atoms with Gasteiger partial charge in [-0.25, -0.2) is 21.8 Å². The first kappa shape index (κ1) is 24.1. The third-order valence-electron chi connectivity index (χ3n) is 4.97. The molecule has 10 nitrogen and oxygen atoms in total. The first-order chi connectivity index (χ1) is 15.0. The molecule has 0 spiro atoms. The van der Waals surface area contributed by atoms with Crippen LogP contribution in [-0.2, 0) is 29.3 Å². The molecule has 0 aromatic heterocycles. The van der Waals surface area contributed by atoms with Crippen molar-refractivity contribution in [3.8, 4) is 0 Å². The highest BCUT2D eigenvalue weighted by Gasteiger charge is 2.33. The standard InChI is InChI=1S/C19H25FN4O6S2/c1-13(25)22-11-16-12-24(19(26)30-16)15-2-3-17(18(20)10-15)14-4-7-31(27,8-5-14)23-32(28,29)9-6-21/h2-4,10,16H,5-9,11-12,21H2,1H3,(H,22,25)/t16-,31?/m0/s1. The predicted molar refractivity (Wildman–Crippen MR) is 118 cm³/mol. The zero-order valence-electron chi connectivity index (χ0n) is 17.5. The van der Waals surface area contributed by atoms with Gasteiger partial charge in [0, 0.05) is 24.8 Å². The van der Waals surface area contributed by atoms with Gasteiger partial charge in [-0.15, -0.1) is 3.77 Å². The molecule has 2 aliphatic rings. The number of hydrogen-bond donors (Lipinski definition) is 2. The highest BCUT2D eigenvalue weighted by Crippen LogP contribution is 2.30. The van der Waals surface area contributed by atoms with E-state index in [2.05, 4.69) is 9.08 Å². The number of cyclic esters (lactones) is 1. The first-order valence-corrected chi connectivity index (χ1v) is 13.4. The molecule has 1 unspecified atom stereocenters. The molecule has 1 aromatic rings. The fraction of sp³-hybridized carbons (Fsp3) is 0.474. The Bertz CT molecular complexity index is 1170. The van der Waals surface area contributed by atoms with Crippen molar-refractivity contribution in [1.29, 1.82) is 0 Å². The number of sulfonamides is 1. The predicted octanol–water partition coefficient (Wildman–Crippen LogP) is 0.831. The van der Waals surface area contributed by atoms with Crippen LogP contribution in [0.15, 0.2) is 28.0 Å². The number of nitrogens with one attached hydrogen (secondary N) is 1. The number of nitrogens with zero attached hydrogens (tertiary/aromatic N) is 2. The van der Waals surface area contributed by atoms with E-state index in [4.69, 9.17) is 10.5 Å². The maximum Gasteiger partial charge on any atom is 0.414 e. The molecule has 32 heavy (non-hydrogen) atoms. The summed E-state index contributed by atoms with van der Waals surface area (Å²) < 4.78 is 60.0. The molecule has 0 bridgehead atoms. The number of hydrogen-bond acceptors (Lipinski definition) is 7. The van der Waals surface area contributed by atoms with Gasteiger partial charge in [0.15, 0.2) is 0 Å². The van der Waals surface area contributed by atoms with E-state index in [-0.39, 0.29) is 54.8 Å². The van der Waals surface area contributed by atoms with Crippen molar-refractivity contribution in [3.05, 3.63) is 35.7 Å². The van der Waals surface area contributed by atoms with Crippen LogP contribution >= 0.6 is 0 Å². The van der Waals surface area contributed by atoms with E-state index in [0.717, 1.165) is 0 Å². The molecule has 2 amide bonds. The lowest BCUT2D eigenvalue weighted by Gasteiger charge is -2.19. The summed E-state index contributed by atoms with van der Waals surface area (Å²) in [6.07, 6.45) is 0.562. The van der Waals surface area contributed by atoms with Crippen LogP contribution in [0.3, 0.4) is 0 Å². The van der Waals surface area contributed by atoms with Crippen molar-refractivity contribution < 1.29 is 31.3 Å². The van der Waals surface area contributed by atoms with E-state index < -0.39 is 37.8 Å². The molecule has 2 atom stereocenters. The number of allylic oxidation sites excluding steroid dienone is 1. The molecule has 1 saturated heterocycles. The Labute approximate surface area is 186 Å². The summed E-state index contributed by atoms with van der Waals surface area (Å²) in [5.74, 6) is -1.30. The smallest absolute Gasteiger partial charge is 0.414 e. The van der Waals surface area contributed by atoms with Gasteiger partial charge in [-0.05, 0) is 30.2 Å². The van der Waals surface area contributed by atoms with Crippen molar-refractivity contribution >= 4 is 43.0 Å². The average Bonchev–Trinajstić information content (AvgIpc) is 3.07. The van der Waals surface area contributed by atoms with Gasteiger partial charge in [0.2, 0.25) is 5.91 Å². The number of ether oxygens (including phenoxy) is 1. The molecule has 2 heterocycles. The largest absolute Gasteiger partial charge is 0.442 e. The van der Waals surface area contributed by atoms with Crippen LogP contribution in [0.1, 0.15) is 18.9 Å². The van der Waals surface area contributed by atoms with Crippen molar-refractivity contribution in [1.82, 2.24) is 5.32 Å². The number of amides is 2. The minimum Gasteiger partial charge on any atom is -0.442 e. The van der Waals surface area contributed by atoms with Gasteiger partial charge in [0.25, 0.3) is 10.0 Å². The minimum absolute atomic E-state index is 0.00684. The molecule has 1 fully saturated rings. The van der Waals surface area contributed by atoms with E-state index >= 15 is 0 Å². The number of carbonyl (C=O) groups is 2. The topological polar surface area (TPSA) is 148 Å². The van der Waals surface area contributed by atoms with E-state index in [1.807, 2.05) is 0 Å². The highest BCUT2D eigenvalue weighted by molar-refractivity contribution is 8.03. The van der Waals surface area contributed by atoms with Crippen molar-refractivity contribution in [3.63, 3.8) is 0 Å². The number of halogens is 1. The maximum atomic E-state index is 14.8. The quantitative estimate of drug-likeness (QED) is 0.577. The fourth-order valence-electron chi connectivity index (χ4n) is 3.42. The fourth-order valence-corrected chi connectivity index (χ4v) is 7.38. The Balaban J connectivity index is 1.75. The van der Waals surface area contributed by atoms with Crippen molar-refractivity contribution in [2.24, 2.45) is 9.50 Å². The van der Waals surface area contributed by atoms with Gasteiger partial charge < -0.3 is 15.8 Å². The maximum absolute atomic E-state index is 14.8. The summed E-state index contributed by atoms with van der Waals surface area (Å²) in [7, 11) is -6.85. The lowest BCUT2D eigenvalue weighted by molar-refractivity contribution is -0.119. The zero-order chi connectivity index (χ0) is 23.5. The number of nitrogens with two attached hydrogens (primary N) is 1. The third kappa shape index (κ3) is 5.84. The van der Waals surface area contributed by atoms with Gasteiger partial charge in [-0.3, -0.25) is 9.69 Å². The second kappa shape index (κ2) is 9.55. The third-order valence-corrected chi connectivity index (χ3v) is 9.25. The molecule has 0 radical (unpaired) electrons. The van der Waals surface area contributed by atoms with Gasteiger partial charge in [-0.2, -0.15) is 0 Å². The number of benzene rings is 1. The Morgan fingerprint density at radius 2 is 2.19 bits per heavy atom. The van der Waals surface area contributed by atoms with Crippen LogP contribution in [0.5, 0.6) is 0 Å². The lowest BCUT2D eigenvalue weighted by atomic mass is 10.0. The molecule has 0 saturated carbocycles. The van der Waals surface area contributed by atoms with Crippen LogP contribution < -0.4 is 16.0 Å². The van der Waals surface area contributed by atoms with E-state index in [1.54, 1.807) is 12.1 Å². The normalized spacial score (nSPS) is 23.5. The van der Waals surface area contributed by atoms with E-state index in [1.165, 1.54) is 24.0 Å². The Kier molecular flexibility index (Phi) is 7.20. The Hall–Kier alpha value is -2.51. The Morgan fingerprint density at radius 3 is 2.78 bits per heavy atom. The molecule has 1 aromatic carbocycles. The highest BCUT2D eigenvalue weighted by atomic mass is 32.3. The molecule has 2 aliphatic heterocycles. The lowest BCUT2D eigenvalue weighted by Crippen LogP contribution is -2.33. The van der Waals surface area contributed by atoms with Crippen molar-refractivity contribution in [2.45, 2.75) is 19.4 Å². The zero-order valence-corrected chi connectivity index (χ0v) is 19.1. The molecular weight excluding hydrogens is 463 g/mol. The molecule has 13 heteroatoms. The molecule has 3 rings (SSSR count). The van der Waals surface area contributed by atoms with E-state index in [9.17, 15) is 26.6 Å². The Morgan fingerprint density at radius 1 is 1.44 bits per heavy atom. The summed E-state index contributed by atoms with van der Waals surface area (Å²) in [4.78, 5) is 24.4. The van der Waals surface area contributed by atoms with Crippen LogP contribution in [-0.4, -0.2) is 67.6 Å². The number of carbonyl (C=O) groups excluding carboxylic acids is 2. The molecule has 0 aliphatic carbocycles. The molecule has 176 valence electrons. The van der Waals surface area contributed by atoms with E-state index in [0.29, 0.717) is 11.3 Å². The first-order valence-electron chi connectivity index (χ1n) is 9.90. The molecular formula is C19H25FN4O6S2. The molecule has 3 N–H and O–H groups in total. The number of anilines is 1. The summed E-state index contributed by atoms with van der Waals surface area (Å²) in [6.45, 7) is 1.57. The van der Waals surface area contributed by atoms with Gasteiger partial charge in [0.1, 0.15) is 11.9 Å². The number of rotatable bonds is 7. The van der Waals surface area contributed by atoms with Gasteiger partial charge in [-0.1, -0.05) is 6.08 Å². The monoisotopic (exact) mass is 488 g/mol. The van der Waals surface area contributed by atoms with Crippen LogP contribution in [0.4, 0.5) is 14.9 Å². The van der Waals surface area contributed by atoms with Crippen LogP contribution in [0.2, 0.25) is 0 Å². The van der Waals surface area contributed by atoms with Crippen LogP contribution in [0.25, 0.3) is 5.57 Å². The second-order valence-electron chi connectivity index (χ2n) is 7.49. The second-order valence-corrected chi connectivity index (χ2v) is 11.9. The van der Waals surface area contributed by atoms with Gasteiger partial charge in [0.05, 0.1) is 40.0 Å². The minimum atomic E-state index is -3.87. The SMILES string of the molecule is CC(=O)NC[C@H]1CN(c2ccc(C3=CCS(=O)(=NS(=O)(=O)CCN)CC3)c(F)c2)C(=O)O1. The summed E-state index contributed by atoms with van der Waals surface area (Å²) >= 11 is 0. The average molecular weight is 489 g/mol. The summed E-state index contributed by atoms with van der Waals surface area (Å²) in [5.41, 5.74) is 6.42. The summed E-state index contributed by atoms with van der Waals surface area (Å²) in [6, 6.07) is 4.30. The van der Waals surface area contributed by atoms with Gasteiger partial charge >= 0.3 is 6.09 Å². The van der Waals surface area contributed by atoms with Crippen molar-refractivity contribution in [2.75, 3.05) is 41.8 Å². The van der Waals surface area contributed by atoms with Crippen LogP contribution in [0, 0.1) is 5.82 Å².